The van der Waals surface area contributed by atoms with Gasteiger partial charge in [-0.1, -0.05) is 27.5 Å². The fourth-order valence-corrected chi connectivity index (χ4v) is 5.71. The van der Waals surface area contributed by atoms with Crippen LogP contribution >= 0.6 is 27.5 Å². The van der Waals surface area contributed by atoms with Crippen LogP contribution in [0.4, 0.5) is 0 Å². The number of hydrogen-bond donors (Lipinski definition) is 2. The first kappa shape index (κ1) is 31.1. The fraction of sp³-hybridized carbons (Fsp3) is 0.0270. The molecule has 8 nitrogen and oxygen atoms in total. The number of rotatable bonds is 6. The number of aromatic nitrogens is 4. The summed E-state index contributed by atoms with van der Waals surface area (Å²) in [5, 5.41) is 21.8. The summed E-state index contributed by atoms with van der Waals surface area (Å²) in [5.41, 5.74) is 8.20. The molecule has 0 radical (unpaired) electrons. The number of ether oxygens (including phenoxy) is 1. The molecule has 0 unspecified atom stereocenters. The van der Waals surface area contributed by atoms with Gasteiger partial charge in [0.1, 0.15) is 5.75 Å². The largest absolute Gasteiger partial charge is 0.496 e. The second kappa shape index (κ2) is 14.1. The molecule has 0 saturated heterocycles. The molecule has 0 amide bonds. The molecule has 0 aliphatic carbocycles. The Morgan fingerprint density at radius 3 is 2.15 bits per heavy atom. The zero-order valence-corrected chi connectivity index (χ0v) is 27.2. The first-order chi connectivity index (χ1) is 23.0. The maximum Gasteiger partial charge on any atom is 0.129 e. The fourth-order valence-electron chi connectivity index (χ4n) is 5.17. The van der Waals surface area contributed by atoms with Gasteiger partial charge in [-0.3, -0.25) is 9.97 Å². The molecule has 0 aliphatic rings. The Balaban J connectivity index is 0.000000166. The van der Waals surface area contributed by atoms with Crippen LogP contribution in [0.15, 0.2) is 113 Å². The highest BCUT2D eigenvalue weighted by Crippen LogP contribution is 2.32. The van der Waals surface area contributed by atoms with Crippen LogP contribution in [0.25, 0.3) is 56.2 Å². The number of furan rings is 1. The lowest BCUT2D eigenvalue weighted by molar-refractivity contribution is 0.413. The average molecular weight is 700 g/mol. The molecule has 0 fully saturated rings. The number of methoxy groups -OCH3 is 1. The van der Waals surface area contributed by atoms with Crippen LogP contribution in [-0.4, -0.2) is 27.0 Å². The van der Waals surface area contributed by atoms with Crippen molar-refractivity contribution in [2.45, 2.75) is 0 Å². The minimum atomic E-state index is 0.514. The predicted molar refractivity (Wildman–Crippen MR) is 189 cm³/mol. The molecule has 0 aliphatic heterocycles. The number of allylic oxidation sites excluding steroid dienone is 2. The van der Waals surface area contributed by atoms with Gasteiger partial charge in [-0.2, -0.15) is 10.5 Å². The monoisotopic (exact) mass is 698 g/mol. The van der Waals surface area contributed by atoms with Crippen molar-refractivity contribution in [3.8, 4) is 29.0 Å². The summed E-state index contributed by atoms with van der Waals surface area (Å²) in [7, 11) is 1.59. The van der Waals surface area contributed by atoms with E-state index in [4.69, 9.17) is 20.8 Å². The summed E-state index contributed by atoms with van der Waals surface area (Å²) < 4.78 is 11.4. The third kappa shape index (κ3) is 6.73. The second-order valence-electron chi connectivity index (χ2n) is 10.2. The Morgan fingerprint density at radius 1 is 0.851 bits per heavy atom. The number of benzene rings is 2. The van der Waals surface area contributed by atoms with E-state index < -0.39 is 0 Å². The molecule has 10 heteroatoms. The third-order valence-electron chi connectivity index (χ3n) is 7.42. The van der Waals surface area contributed by atoms with E-state index >= 15 is 0 Å². The molecule has 5 heterocycles. The molecule has 7 rings (SSSR count). The van der Waals surface area contributed by atoms with Crippen LogP contribution in [-0.2, 0) is 0 Å². The lowest BCUT2D eigenvalue weighted by atomic mass is 9.99. The number of pyridine rings is 2. The predicted octanol–water partition coefficient (Wildman–Crippen LogP) is 9.94. The Labute approximate surface area is 283 Å². The molecular weight excluding hydrogens is 676 g/mol. The van der Waals surface area contributed by atoms with Crippen molar-refractivity contribution in [3.63, 3.8) is 0 Å². The van der Waals surface area contributed by atoms with Gasteiger partial charge >= 0.3 is 0 Å². The number of fused-ring (bicyclic) bond motifs is 2. The summed E-state index contributed by atoms with van der Waals surface area (Å²) in [6, 6.07) is 21.6. The third-order valence-corrected chi connectivity index (χ3v) is 8.15. The summed E-state index contributed by atoms with van der Waals surface area (Å²) in [4.78, 5) is 14.6. The molecule has 2 N–H and O–H groups in total. The lowest BCUT2D eigenvalue weighted by Crippen LogP contribution is -1.88. The first-order valence-electron chi connectivity index (χ1n) is 14.2. The van der Waals surface area contributed by atoms with E-state index in [2.05, 4.69) is 48.0 Å². The molecule has 5 aromatic heterocycles. The molecule has 0 spiro atoms. The quantitative estimate of drug-likeness (QED) is 0.166. The van der Waals surface area contributed by atoms with Gasteiger partial charge in [-0.05, 0) is 72.3 Å². The molecule has 7 aromatic rings. The van der Waals surface area contributed by atoms with Crippen molar-refractivity contribution in [3.05, 3.63) is 136 Å². The van der Waals surface area contributed by atoms with E-state index in [1.165, 1.54) is 0 Å². The van der Waals surface area contributed by atoms with E-state index in [0.717, 1.165) is 59.7 Å². The summed E-state index contributed by atoms with van der Waals surface area (Å²) in [6.07, 6.45) is 17.4. The summed E-state index contributed by atoms with van der Waals surface area (Å²) >= 11 is 9.55. The number of H-pyrrole nitrogens is 2. The smallest absolute Gasteiger partial charge is 0.129 e. The van der Waals surface area contributed by atoms with E-state index in [-0.39, 0.29) is 0 Å². The van der Waals surface area contributed by atoms with Gasteiger partial charge in [0, 0.05) is 96.3 Å². The maximum atomic E-state index is 9.73. The normalized spacial score (nSPS) is 11.5. The number of halogens is 2. The Morgan fingerprint density at radius 2 is 1.49 bits per heavy atom. The SMILES string of the molecule is COc1ccncc1/C=C(\C#N)c1c[nH]c2ccc(Cl)cc12.N#C/C(=C/c1cnccc1-c1ccoc1)c1c[nH]c2ccc(Br)cc12. The van der Waals surface area contributed by atoms with Gasteiger partial charge in [-0.15, -0.1) is 0 Å². The lowest BCUT2D eigenvalue weighted by Gasteiger charge is -2.04. The molecule has 47 heavy (non-hydrogen) atoms. The number of hydrogen-bond acceptors (Lipinski definition) is 6. The topological polar surface area (TPSA) is 127 Å². The highest BCUT2D eigenvalue weighted by molar-refractivity contribution is 9.10. The Hall–Kier alpha value is -5.87. The van der Waals surface area contributed by atoms with Gasteiger partial charge < -0.3 is 19.1 Å². The van der Waals surface area contributed by atoms with Crippen molar-refractivity contribution in [2.75, 3.05) is 7.11 Å². The van der Waals surface area contributed by atoms with Crippen molar-refractivity contribution < 1.29 is 9.15 Å². The molecule has 0 saturated carbocycles. The first-order valence-corrected chi connectivity index (χ1v) is 15.4. The zero-order chi connectivity index (χ0) is 32.8. The summed E-state index contributed by atoms with van der Waals surface area (Å²) in [5.74, 6) is 0.667. The van der Waals surface area contributed by atoms with Crippen LogP contribution in [0.5, 0.6) is 5.75 Å². The standard InChI is InChI=1S/C20H12BrN3O.C17H12ClN3O/c21-16-1-2-20-18(8-16)19(11-24-20)14(9-22)7-15-10-23-5-3-17(15)13-4-6-25-12-13;1-22-17-4-5-20-9-12(17)6-11(8-19)15-10-21-16-3-2-13(18)7-14(15)16/h1-8,10-12,24H;2-7,9-10,21H,1H3/b14-7-;11-6+. The second-order valence-corrected chi connectivity index (χ2v) is 11.6. The number of nitriles is 2. The Kier molecular flexibility index (Phi) is 9.31. The Bertz CT molecular complexity index is 2360. The van der Waals surface area contributed by atoms with Crippen LogP contribution in [0.3, 0.4) is 0 Å². The number of nitrogens with one attached hydrogen (secondary N) is 2. The highest BCUT2D eigenvalue weighted by Gasteiger charge is 2.13. The van der Waals surface area contributed by atoms with Gasteiger partial charge in [0.15, 0.2) is 0 Å². The van der Waals surface area contributed by atoms with Gasteiger partial charge in [-0.25, -0.2) is 0 Å². The minimum Gasteiger partial charge on any atom is -0.496 e. The van der Waals surface area contributed by atoms with E-state index in [1.807, 2.05) is 60.8 Å². The maximum absolute atomic E-state index is 9.73. The molecule has 228 valence electrons. The van der Waals surface area contributed by atoms with Crippen molar-refractivity contribution in [1.29, 1.82) is 10.5 Å². The van der Waals surface area contributed by atoms with Gasteiger partial charge in [0.25, 0.3) is 0 Å². The van der Waals surface area contributed by atoms with E-state index in [0.29, 0.717) is 21.9 Å². The summed E-state index contributed by atoms with van der Waals surface area (Å²) in [6.45, 7) is 0. The molecule has 0 atom stereocenters. The molecule has 0 bridgehead atoms. The van der Waals surface area contributed by atoms with Gasteiger partial charge in [0.2, 0.25) is 0 Å². The zero-order valence-electron chi connectivity index (χ0n) is 24.8. The van der Waals surface area contributed by atoms with Crippen molar-refractivity contribution in [2.24, 2.45) is 0 Å². The van der Waals surface area contributed by atoms with Gasteiger partial charge in [0.05, 0.1) is 42.9 Å². The minimum absolute atomic E-state index is 0.514. The highest BCUT2D eigenvalue weighted by atomic mass is 79.9. The van der Waals surface area contributed by atoms with Crippen LogP contribution in [0.2, 0.25) is 5.02 Å². The molecule has 2 aromatic carbocycles. The van der Waals surface area contributed by atoms with E-state index in [9.17, 15) is 10.5 Å². The number of nitrogens with zero attached hydrogens (tertiary/aromatic N) is 4. The van der Waals surface area contributed by atoms with Crippen molar-refractivity contribution in [1.82, 2.24) is 19.9 Å². The molecular formula is C37H24BrClN6O2. The van der Waals surface area contributed by atoms with Crippen LogP contribution < -0.4 is 4.74 Å². The average Bonchev–Trinajstić information content (AvgIpc) is 3.87. The van der Waals surface area contributed by atoms with E-state index in [1.54, 1.807) is 62.8 Å². The van der Waals surface area contributed by atoms with Crippen LogP contribution in [0, 0.1) is 22.7 Å². The number of aromatic amines is 2. The van der Waals surface area contributed by atoms with Crippen LogP contribution in [0.1, 0.15) is 22.3 Å². The van der Waals surface area contributed by atoms with Crippen molar-refractivity contribution >= 4 is 72.6 Å².